The Bertz CT molecular complexity index is 695. The van der Waals surface area contributed by atoms with E-state index in [2.05, 4.69) is 26.6 Å². The van der Waals surface area contributed by atoms with Gasteiger partial charge in [0.15, 0.2) is 0 Å². The van der Waals surface area contributed by atoms with E-state index in [0.29, 0.717) is 6.54 Å². The maximum Gasteiger partial charge on any atom is 0.319 e. The molecule has 4 nitrogen and oxygen atoms in total. The zero-order valence-electron chi connectivity index (χ0n) is 10.9. The average molecular weight is 348 g/mol. The van der Waals surface area contributed by atoms with Crippen molar-refractivity contribution in [3.63, 3.8) is 0 Å². The molecule has 0 aromatic heterocycles. The maximum absolute atomic E-state index is 13.0. The number of rotatable bonds is 3. The molecule has 0 aliphatic heterocycles. The van der Waals surface area contributed by atoms with Gasteiger partial charge in [0.05, 0.1) is 11.3 Å². The number of halogens is 2. The normalized spacial score (nSPS) is 9.76. The molecule has 2 aromatic rings. The quantitative estimate of drug-likeness (QED) is 0.887. The fourth-order valence-corrected chi connectivity index (χ4v) is 1.93. The number of carbonyl (C=O) groups excluding carboxylic acids is 1. The summed E-state index contributed by atoms with van der Waals surface area (Å²) in [7, 11) is 0. The topological polar surface area (TPSA) is 64.9 Å². The molecule has 2 rings (SSSR count). The largest absolute Gasteiger partial charge is 0.334 e. The molecular formula is C15H11BrFN3O. The Hall–Kier alpha value is -2.39. The number of nitrogens with one attached hydrogen (secondary N) is 2. The van der Waals surface area contributed by atoms with Crippen LogP contribution >= 0.6 is 15.9 Å². The van der Waals surface area contributed by atoms with Crippen molar-refractivity contribution in [2.45, 2.75) is 6.54 Å². The van der Waals surface area contributed by atoms with E-state index in [1.807, 2.05) is 30.3 Å². The van der Waals surface area contributed by atoms with E-state index in [-0.39, 0.29) is 11.3 Å². The number of hydrogen-bond acceptors (Lipinski definition) is 2. The lowest BCUT2D eigenvalue weighted by atomic mass is 10.2. The number of nitriles is 1. The van der Waals surface area contributed by atoms with Crippen LogP contribution in [0.25, 0.3) is 0 Å². The third-order valence-corrected chi connectivity index (χ3v) is 3.25. The van der Waals surface area contributed by atoms with E-state index in [4.69, 9.17) is 5.26 Å². The Balaban J connectivity index is 1.96. The van der Waals surface area contributed by atoms with Crippen molar-refractivity contribution < 1.29 is 9.18 Å². The first-order chi connectivity index (χ1) is 10.1. The summed E-state index contributed by atoms with van der Waals surface area (Å²) in [4.78, 5) is 11.8. The van der Waals surface area contributed by atoms with Crippen molar-refractivity contribution in [1.29, 1.82) is 5.26 Å². The number of benzene rings is 2. The van der Waals surface area contributed by atoms with Crippen molar-refractivity contribution in [3.8, 4) is 6.07 Å². The molecule has 0 atom stereocenters. The predicted octanol–water partition coefficient (Wildman–Crippen LogP) is 3.78. The molecule has 2 N–H and O–H groups in total. The molecule has 2 amide bonds. The Labute approximate surface area is 129 Å². The second-order valence-electron chi connectivity index (χ2n) is 4.24. The summed E-state index contributed by atoms with van der Waals surface area (Å²) in [6.07, 6.45) is 0. The molecule has 0 aliphatic carbocycles. The van der Waals surface area contributed by atoms with Crippen LogP contribution in [-0.4, -0.2) is 6.03 Å². The van der Waals surface area contributed by atoms with Gasteiger partial charge in [0.1, 0.15) is 11.9 Å². The van der Waals surface area contributed by atoms with Gasteiger partial charge in [-0.1, -0.05) is 28.1 Å². The first-order valence-electron chi connectivity index (χ1n) is 6.07. The molecule has 0 saturated carbocycles. The zero-order chi connectivity index (χ0) is 15.2. The van der Waals surface area contributed by atoms with E-state index in [1.165, 1.54) is 12.1 Å². The first kappa shape index (κ1) is 15.0. The molecule has 2 aromatic carbocycles. The van der Waals surface area contributed by atoms with E-state index in [9.17, 15) is 9.18 Å². The minimum Gasteiger partial charge on any atom is -0.334 e. The van der Waals surface area contributed by atoms with Crippen molar-refractivity contribution in [2.24, 2.45) is 0 Å². The van der Waals surface area contributed by atoms with Gasteiger partial charge in [-0.15, -0.1) is 0 Å². The second-order valence-corrected chi connectivity index (χ2v) is 5.15. The number of hydrogen-bond donors (Lipinski definition) is 2. The van der Waals surface area contributed by atoms with Crippen molar-refractivity contribution in [2.75, 3.05) is 5.32 Å². The highest BCUT2D eigenvalue weighted by atomic mass is 79.9. The van der Waals surface area contributed by atoms with Gasteiger partial charge in [0.2, 0.25) is 0 Å². The Morgan fingerprint density at radius 2 is 1.95 bits per heavy atom. The molecule has 0 spiro atoms. The van der Waals surface area contributed by atoms with E-state index in [1.54, 1.807) is 0 Å². The molecule has 0 bridgehead atoms. The Kier molecular flexibility index (Phi) is 4.90. The van der Waals surface area contributed by atoms with Crippen LogP contribution in [0.15, 0.2) is 46.9 Å². The summed E-state index contributed by atoms with van der Waals surface area (Å²) in [6, 6.07) is 12.5. The smallest absolute Gasteiger partial charge is 0.319 e. The van der Waals surface area contributed by atoms with Crippen LogP contribution in [0.3, 0.4) is 0 Å². The van der Waals surface area contributed by atoms with E-state index < -0.39 is 11.8 Å². The molecule has 0 fully saturated rings. The maximum atomic E-state index is 13.0. The van der Waals surface area contributed by atoms with Gasteiger partial charge in [-0.2, -0.15) is 5.26 Å². The SMILES string of the molecule is N#Cc1cc(F)ccc1NC(=O)NCc1ccc(Br)cc1. The molecule has 106 valence electrons. The van der Waals surface area contributed by atoms with Gasteiger partial charge in [0.25, 0.3) is 0 Å². The summed E-state index contributed by atoms with van der Waals surface area (Å²) >= 11 is 3.33. The molecule has 0 saturated heterocycles. The van der Waals surface area contributed by atoms with Crippen LogP contribution in [0.1, 0.15) is 11.1 Å². The predicted molar refractivity (Wildman–Crippen MR) is 81.1 cm³/mol. The van der Waals surface area contributed by atoms with Crippen LogP contribution in [0.5, 0.6) is 0 Å². The van der Waals surface area contributed by atoms with Gasteiger partial charge >= 0.3 is 6.03 Å². The number of anilines is 1. The van der Waals surface area contributed by atoms with Crippen LogP contribution in [0, 0.1) is 17.1 Å². The van der Waals surface area contributed by atoms with Crippen LogP contribution in [0.2, 0.25) is 0 Å². The molecular weight excluding hydrogens is 337 g/mol. The van der Waals surface area contributed by atoms with Crippen molar-refractivity contribution >= 4 is 27.6 Å². The van der Waals surface area contributed by atoms with Crippen LogP contribution in [0.4, 0.5) is 14.9 Å². The lowest BCUT2D eigenvalue weighted by Gasteiger charge is -2.09. The van der Waals surface area contributed by atoms with Gasteiger partial charge in [-0.25, -0.2) is 9.18 Å². The lowest BCUT2D eigenvalue weighted by Crippen LogP contribution is -2.28. The fraction of sp³-hybridized carbons (Fsp3) is 0.0667. The highest BCUT2D eigenvalue weighted by molar-refractivity contribution is 9.10. The van der Waals surface area contributed by atoms with Gasteiger partial charge in [-0.05, 0) is 35.9 Å². The standard InChI is InChI=1S/C15H11BrFN3O/c16-12-3-1-10(2-4-12)9-19-15(21)20-14-6-5-13(17)7-11(14)8-18/h1-7H,9H2,(H2,19,20,21). The molecule has 0 unspecified atom stereocenters. The second kappa shape index (κ2) is 6.86. The minimum atomic E-state index is -0.521. The third-order valence-electron chi connectivity index (χ3n) is 2.72. The molecule has 0 heterocycles. The highest BCUT2D eigenvalue weighted by Crippen LogP contribution is 2.16. The number of amides is 2. The molecule has 0 aliphatic rings. The number of nitrogens with zero attached hydrogens (tertiary/aromatic N) is 1. The first-order valence-corrected chi connectivity index (χ1v) is 6.87. The lowest BCUT2D eigenvalue weighted by molar-refractivity contribution is 0.251. The Morgan fingerprint density at radius 1 is 1.24 bits per heavy atom. The molecule has 0 radical (unpaired) electrons. The van der Waals surface area contributed by atoms with E-state index in [0.717, 1.165) is 16.1 Å². The average Bonchev–Trinajstić information content (AvgIpc) is 2.48. The molecule has 21 heavy (non-hydrogen) atoms. The zero-order valence-corrected chi connectivity index (χ0v) is 12.4. The monoisotopic (exact) mass is 347 g/mol. The van der Waals surface area contributed by atoms with E-state index >= 15 is 0 Å². The van der Waals surface area contributed by atoms with Gasteiger partial charge < -0.3 is 10.6 Å². The molecule has 6 heteroatoms. The van der Waals surface area contributed by atoms with Crippen molar-refractivity contribution in [3.05, 3.63) is 63.9 Å². The Morgan fingerprint density at radius 3 is 2.62 bits per heavy atom. The van der Waals surface area contributed by atoms with Crippen molar-refractivity contribution in [1.82, 2.24) is 5.32 Å². The van der Waals surface area contributed by atoms with Gasteiger partial charge in [-0.3, -0.25) is 0 Å². The van der Waals surface area contributed by atoms with Crippen LogP contribution < -0.4 is 10.6 Å². The summed E-state index contributed by atoms with van der Waals surface area (Å²) < 4.78 is 13.9. The minimum absolute atomic E-state index is 0.0776. The summed E-state index contributed by atoms with van der Waals surface area (Å²) in [5, 5.41) is 14.1. The summed E-state index contributed by atoms with van der Waals surface area (Å²) in [5.41, 5.74) is 1.29. The number of carbonyl (C=O) groups is 1. The van der Waals surface area contributed by atoms with Crippen LogP contribution in [-0.2, 0) is 6.54 Å². The number of urea groups is 1. The summed E-state index contributed by atoms with van der Waals surface area (Å²) in [5.74, 6) is -0.521. The third kappa shape index (κ3) is 4.29. The summed E-state index contributed by atoms with van der Waals surface area (Å²) in [6.45, 7) is 0.349. The van der Waals surface area contributed by atoms with Gasteiger partial charge in [0, 0.05) is 11.0 Å². The highest BCUT2D eigenvalue weighted by Gasteiger charge is 2.07. The fourth-order valence-electron chi connectivity index (χ4n) is 1.67.